The topological polar surface area (TPSA) is 55.1 Å². The number of rotatable bonds is 2. The Labute approximate surface area is 96.0 Å². The van der Waals surface area contributed by atoms with Gasteiger partial charge in [-0.2, -0.15) is 0 Å². The zero-order chi connectivity index (χ0) is 11.8. The van der Waals surface area contributed by atoms with Gasteiger partial charge in [0.2, 0.25) is 5.91 Å². The van der Waals surface area contributed by atoms with Crippen molar-refractivity contribution in [2.75, 3.05) is 13.1 Å². The fourth-order valence-electron chi connectivity index (χ4n) is 2.54. The van der Waals surface area contributed by atoms with E-state index < -0.39 is 0 Å². The van der Waals surface area contributed by atoms with Gasteiger partial charge in [0.05, 0.1) is 5.92 Å². The number of nitrogens with two attached hydrogens (primary N) is 1. The number of hydrogen-bond acceptors (Lipinski definition) is 2. The number of hydrogen-bond donors (Lipinski definition) is 2. The average molecular weight is 218 g/mol. The van der Waals surface area contributed by atoms with Crippen molar-refractivity contribution in [2.24, 2.45) is 11.7 Å². The lowest BCUT2D eigenvalue weighted by Gasteiger charge is -2.29. The molecule has 2 rings (SSSR count). The van der Waals surface area contributed by atoms with E-state index >= 15 is 0 Å². The molecular formula is C13H18N2O. The van der Waals surface area contributed by atoms with E-state index in [9.17, 15) is 4.79 Å². The molecule has 2 unspecified atom stereocenters. The van der Waals surface area contributed by atoms with Gasteiger partial charge in [-0.05, 0) is 12.5 Å². The third-order valence-corrected chi connectivity index (χ3v) is 3.63. The molecule has 1 aliphatic heterocycles. The van der Waals surface area contributed by atoms with E-state index in [1.54, 1.807) is 0 Å². The lowest BCUT2D eigenvalue weighted by molar-refractivity contribution is -0.122. The number of nitrogens with one attached hydrogen (secondary N) is 1. The molecule has 1 amide bonds. The maximum Gasteiger partial charge on any atom is 0.222 e. The number of carbonyl (C=O) groups excluding carboxylic acids is 1. The summed E-state index contributed by atoms with van der Waals surface area (Å²) in [7, 11) is 0. The normalized spacial score (nSPS) is 29.2. The molecule has 1 fully saturated rings. The van der Waals surface area contributed by atoms with E-state index in [0.717, 1.165) is 6.54 Å². The molecule has 0 spiro atoms. The summed E-state index contributed by atoms with van der Waals surface area (Å²) in [6, 6.07) is 8.32. The van der Waals surface area contributed by atoms with Crippen LogP contribution in [-0.2, 0) is 10.2 Å². The van der Waals surface area contributed by atoms with Crippen LogP contribution in [-0.4, -0.2) is 19.0 Å². The summed E-state index contributed by atoms with van der Waals surface area (Å²) in [5.41, 5.74) is 7.71. The van der Waals surface area contributed by atoms with Crippen molar-refractivity contribution in [1.29, 1.82) is 0 Å². The van der Waals surface area contributed by atoms with Crippen molar-refractivity contribution in [1.82, 2.24) is 5.32 Å². The molecule has 16 heavy (non-hydrogen) atoms. The fraction of sp³-hybridized carbons (Fsp3) is 0.462. The van der Waals surface area contributed by atoms with Crippen molar-refractivity contribution in [2.45, 2.75) is 19.3 Å². The number of amides is 1. The van der Waals surface area contributed by atoms with E-state index in [2.05, 4.69) is 37.4 Å². The Morgan fingerprint density at radius 1 is 1.56 bits per heavy atom. The minimum Gasteiger partial charge on any atom is -0.369 e. The molecule has 0 aromatic heterocycles. The van der Waals surface area contributed by atoms with E-state index in [-0.39, 0.29) is 17.2 Å². The van der Waals surface area contributed by atoms with Crippen LogP contribution in [0.1, 0.15) is 18.1 Å². The first-order valence-corrected chi connectivity index (χ1v) is 5.61. The third-order valence-electron chi connectivity index (χ3n) is 3.63. The Morgan fingerprint density at radius 3 is 2.94 bits per heavy atom. The van der Waals surface area contributed by atoms with E-state index in [0.29, 0.717) is 6.54 Å². The second-order valence-electron chi connectivity index (χ2n) is 4.87. The Hall–Kier alpha value is -1.35. The summed E-state index contributed by atoms with van der Waals surface area (Å²) in [6.45, 7) is 5.66. The van der Waals surface area contributed by atoms with Crippen LogP contribution in [0.5, 0.6) is 0 Å². The maximum atomic E-state index is 11.5. The molecule has 2 atom stereocenters. The molecule has 1 aromatic carbocycles. The molecule has 86 valence electrons. The SMILES string of the molecule is Cc1cccc(C2(C)CNCC2C(N)=O)c1. The molecule has 3 heteroatoms. The quantitative estimate of drug-likeness (QED) is 0.776. The zero-order valence-corrected chi connectivity index (χ0v) is 9.79. The Balaban J connectivity index is 2.41. The third kappa shape index (κ3) is 1.71. The van der Waals surface area contributed by atoms with Crippen LogP contribution < -0.4 is 11.1 Å². The van der Waals surface area contributed by atoms with Gasteiger partial charge in [-0.25, -0.2) is 0 Å². The van der Waals surface area contributed by atoms with Crippen LogP contribution in [0.25, 0.3) is 0 Å². The molecule has 3 N–H and O–H groups in total. The fourth-order valence-corrected chi connectivity index (χ4v) is 2.54. The summed E-state index contributed by atoms with van der Waals surface area (Å²) in [6.07, 6.45) is 0. The lowest BCUT2D eigenvalue weighted by Crippen LogP contribution is -2.39. The van der Waals surface area contributed by atoms with Gasteiger partial charge < -0.3 is 11.1 Å². The predicted molar refractivity (Wildman–Crippen MR) is 64.1 cm³/mol. The highest BCUT2D eigenvalue weighted by Gasteiger charge is 2.43. The summed E-state index contributed by atoms with van der Waals surface area (Å²) in [5, 5.41) is 3.26. The summed E-state index contributed by atoms with van der Waals surface area (Å²) in [5.74, 6) is -0.330. The first-order chi connectivity index (χ1) is 7.54. The van der Waals surface area contributed by atoms with Gasteiger partial charge in [0.15, 0.2) is 0 Å². The van der Waals surface area contributed by atoms with Gasteiger partial charge in [-0.15, -0.1) is 0 Å². The molecular weight excluding hydrogens is 200 g/mol. The van der Waals surface area contributed by atoms with Gasteiger partial charge in [-0.3, -0.25) is 4.79 Å². The summed E-state index contributed by atoms with van der Waals surface area (Å²) in [4.78, 5) is 11.5. The van der Waals surface area contributed by atoms with Crippen molar-refractivity contribution >= 4 is 5.91 Å². The number of primary amides is 1. The van der Waals surface area contributed by atoms with Crippen LogP contribution in [0.4, 0.5) is 0 Å². The molecule has 0 aliphatic carbocycles. The standard InChI is InChI=1S/C13H18N2O/c1-9-4-3-5-10(6-9)13(2)8-15-7-11(13)12(14)16/h3-6,11,15H,7-8H2,1-2H3,(H2,14,16). The average Bonchev–Trinajstić information content (AvgIpc) is 2.62. The monoisotopic (exact) mass is 218 g/mol. The van der Waals surface area contributed by atoms with Gasteiger partial charge in [0.25, 0.3) is 0 Å². The molecule has 0 radical (unpaired) electrons. The van der Waals surface area contributed by atoms with Gasteiger partial charge in [0.1, 0.15) is 0 Å². The number of benzene rings is 1. The van der Waals surface area contributed by atoms with Crippen molar-refractivity contribution < 1.29 is 4.79 Å². The van der Waals surface area contributed by atoms with Crippen LogP contribution in [0.2, 0.25) is 0 Å². The molecule has 0 bridgehead atoms. The first kappa shape index (κ1) is 11.1. The summed E-state index contributed by atoms with van der Waals surface area (Å²) < 4.78 is 0. The minimum atomic E-state index is -0.214. The first-order valence-electron chi connectivity index (χ1n) is 5.61. The summed E-state index contributed by atoms with van der Waals surface area (Å²) >= 11 is 0. The molecule has 1 heterocycles. The Bertz CT molecular complexity index is 416. The highest BCUT2D eigenvalue weighted by Crippen LogP contribution is 2.35. The van der Waals surface area contributed by atoms with Crippen LogP contribution >= 0.6 is 0 Å². The number of carbonyl (C=O) groups is 1. The number of aryl methyl sites for hydroxylation is 1. The van der Waals surface area contributed by atoms with Crippen molar-refractivity contribution in [3.8, 4) is 0 Å². The minimum absolute atomic E-state index is 0.116. The maximum absolute atomic E-state index is 11.5. The van der Waals surface area contributed by atoms with Crippen molar-refractivity contribution in [3.05, 3.63) is 35.4 Å². The van der Waals surface area contributed by atoms with Gasteiger partial charge in [0, 0.05) is 18.5 Å². The predicted octanol–water partition coefficient (Wildman–Crippen LogP) is 0.957. The van der Waals surface area contributed by atoms with E-state index in [4.69, 9.17) is 5.73 Å². The van der Waals surface area contributed by atoms with Gasteiger partial charge >= 0.3 is 0 Å². The van der Waals surface area contributed by atoms with Crippen molar-refractivity contribution in [3.63, 3.8) is 0 Å². The Morgan fingerprint density at radius 2 is 2.31 bits per heavy atom. The second-order valence-corrected chi connectivity index (χ2v) is 4.87. The molecule has 1 saturated heterocycles. The largest absolute Gasteiger partial charge is 0.369 e. The van der Waals surface area contributed by atoms with Gasteiger partial charge in [-0.1, -0.05) is 36.8 Å². The van der Waals surface area contributed by atoms with E-state index in [1.807, 2.05) is 6.07 Å². The molecule has 1 aliphatic rings. The smallest absolute Gasteiger partial charge is 0.222 e. The Kier molecular flexibility index (Phi) is 2.72. The highest BCUT2D eigenvalue weighted by molar-refractivity contribution is 5.79. The van der Waals surface area contributed by atoms with Crippen LogP contribution in [0.15, 0.2) is 24.3 Å². The van der Waals surface area contributed by atoms with Crippen LogP contribution in [0.3, 0.4) is 0 Å². The van der Waals surface area contributed by atoms with Crippen LogP contribution in [0, 0.1) is 12.8 Å². The molecule has 1 aromatic rings. The second kappa shape index (κ2) is 3.91. The molecule has 0 saturated carbocycles. The van der Waals surface area contributed by atoms with E-state index in [1.165, 1.54) is 11.1 Å². The lowest BCUT2D eigenvalue weighted by atomic mass is 9.73. The molecule has 3 nitrogen and oxygen atoms in total. The highest BCUT2D eigenvalue weighted by atomic mass is 16.1. The zero-order valence-electron chi connectivity index (χ0n) is 9.79.